The third kappa shape index (κ3) is 3.40. The van der Waals surface area contributed by atoms with Gasteiger partial charge in [-0.15, -0.1) is 11.3 Å². The summed E-state index contributed by atoms with van der Waals surface area (Å²) in [4.78, 5) is 1.32. The van der Waals surface area contributed by atoms with Crippen LogP contribution in [-0.4, -0.2) is 0 Å². The number of benzene rings is 1. The Labute approximate surface area is 119 Å². The van der Waals surface area contributed by atoms with Crippen molar-refractivity contribution in [3.63, 3.8) is 0 Å². The van der Waals surface area contributed by atoms with Crippen LogP contribution in [0.3, 0.4) is 0 Å². The maximum atomic E-state index is 13.2. The Morgan fingerprint density at radius 3 is 2.89 bits per heavy atom. The van der Waals surface area contributed by atoms with Crippen LogP contribution in [0.25, 0.3) is 0 Å². The topological polar surface area (TPSA) is 12.0 Å². The van der Waals surface area contributed by atoms with Crippen molar-refractivity contribution in [3.05, 3.63) is 56.4 Å². The summed E-state index contributed by atoms with van der Waals surface area (Å²) in [5.41, 5.74) is 0.949. The van der Waals surface area contributed by atoms with Crippen molar-refractivity contribution in [1.82, 2.24) is 5.32 Å². The summed E-state index contributed by atoms with van der Waals surface area (Å²) >= 11 is 5.20. The minimum absolute atomic E-state index is 0.195. The number of hydrogen-bond donors (Lipinski definition) is 1. The van der Waals surface area contributed by atoms with Crippen molar-refractivity contribution >= 4 is 27.3 Å². The molecule has 1 N–H and O–H groups in total. The Bertz CT molecular complexity index is 499. The summed E-state index contributed by atoms with van der Waals surface area (Å²) < 4.78 is 14.1. The van der Waals surface area contributed by atoms with Gasteiger partial charge in [0.25, 0.3) is 0 Å². The molecule has 0 bridgehead atoms. The fourth-order valence-corrected chi connectivity index (χ4v) is 3.12. The second kappa shape index (κ2) is 6.45. The number of nitrogens with one attached hydrogen (secondary N) is 1. The molecule has 1 nitrogen and oxygen atoms in total. The molecule has 2 rings (SSSR count). The average Bonchev–Trinajstić information content (AvgIpc) is 2.88. The maximum absolute atomic E-state index is 13.2. The van der Waals surface area contributed by atoms with Crippen LogP contribution in [0.1, 0.15) is 29.8 Å². The molecule has 2 aromatic rings. The third-order valence-electron chi connectivity index (χ3n) is 2.84. The highest BCUT2D eigenvalue weighted by Gasteiger charge is 2.10. The van der Waals surface area contributed by atoms with Crippen LogP contribution in [-0.2, 0) is 6.54 Å². The SMILES string of the molecule is CCC(NCc1cc(F)ccc1Br)c1cccs1. The number of rotatable bonds is 5. The minimum atomic E-state index is -0.195. The van der Waals surface area contributed by atoms with Crippen molar-refractivity contribution in [2.75, 3.05) is 0 Å². The predicted molar refractivity (Wildman–Crippen MR) is 78.3 cm³/mol. The summed E-state index contributed by atoms with van der Waals surface area (Å²) in [5.74, 6) is -0.195. The monoisotopic (exact) mass is 327 g/mol. The van der Waals surface area contributed by atoms with E-state index in [0.29, 0.717) is 12.6 Å². The molecule has 4 heteroatoms. The molecular weight excluding hydrogens is 313 g/mol. The zero-order chi connectivity index (χ0) is 13.0. The zero-order valence-electron chi connectivity index (χ0n) is 10.1. The summed E-state index contributed by atoms with van der Waals surface area (Å²) in [6.07, 6.45) is 1.02. The van der Waals surface area contributed by atoms with E-state index in [1.807, 2.05) is 0 Å². The van der Waals surface area contributed by atoms with Crippen molar-refractivity contribution in [1.29, 1.82) is 0 Å². The van der Waals surface area contributed by atoms with Gasteiger partial charge in [-0.3, -0.25) is 0 Å². The number of thiophene rings is 1. The van der Waals surface area contributed by atoms with E-state index in [2.05, 4.69) is 45.7 Å². The Kier molecular flexibility index (Phi) is 4.92. The summed E-state index contributed by atoms with van der Waals surface area (Å²) in [6, 6.07) is 9.30. The largest absolute Gasteiger partial charge is 0.305 e. The molecule has 0 aliphatic carbocycles. The molecule has 1 aromatic carbocycles. The van der Waals surface area contributed by atoms with Gasteiger partial charge in [-0.05, 0) is 41.6 Å². The van der Waals surface area contributed by atoms with Gasteiger partial charge in [0.2, 0.25) is 0 Å². The molecule has 18 heavy (non-hydrogen) atoms. The molecule has 1 aromatic heterocycles. The lowest BCUT2D eigenvalue weighted by molar-refractivity contribution is 0.523. The van der Waals surface area contributed by atoms with Gasteiger partial charge < -0.3 is 5.32 Å². The zero-order valence-corrected chi connectivity index (χ0v) is 12.5. The van der Waals surface area contributed by atoms with E-state index in [1.165, 1.54) is 10.9 Å². The van der Waals surface area contributed by atoms with E-state index in [4.69, 9.17) is 0 Å². The molecule has 0 radical (unpaired) electrons. The van der Waals surface area contributed by atoms with Gasteiger partial charge in [0.1, 0.15) is 5.82 Å². The molecular formula is C14H15BrFNS. The van der Waals surface area contributed by atoms with Gasteiger partial charge in [0.05, 0.1) is 0 Å². The van der Waals surface area contributed by atoms with Gasteiger partial charge in [0.15, 0.2) is 0 Å². The standard InChI is InChI=1S/C14H15BrFNS/c1-2-13(14-4-3-7-18-14)17-9-10-8-11(16)5-6-12(10)15/h3-8,13,17H,2,9H2,1H3. The molecule has 0 spiro atoms. The fraction of sp³-hybridized carbons (Fsp3) is 0.286. The smallest absolute Gasteiger partial charge is 0.123 e. The molecule has 1 atom stereocenters. The molecule has 96 valence electrons. The van der Waals surface area contributed by atoms with Gasteiger partial charge in [0, 0.05) is 21.9 Å². The first-order chi connectivity index (χ1) is 8.70. The highest BCUT2D eigenvalue weighted by atomic mass is 79.9. The summed E-state index contributed by atoms with van der Waals surface area (Å²) in [5, 5.41) is 5.55. The van der Waals surface area contributed by atoms with Crippen LogP contribution in [0.4, 0.5) is 4.39 Å². The third-order valence-corrected chi connectivity index (χ3v) is 4.60. The van der Waals surface area contributed by atoms with Crippen LogP contribution >= 0.6 is 27.3 Å². The number of halogens is 2. The van der Waals surface area contributed by atoms with Crippen LogP contribution in [0, 0.1) is 5.82 Å². The second-order valence-electron chi connectivity index (χ2n) is 4.09. The second-order valence-corrected chi connectivity index (χ2v) is 5.93. The van der Waals surface area contributed by atoms with E-state index < -0.39 is 0 Å². The van der Waals surface area contributed by atoms with Gasteiger partial charge in [-0.25, -0.2) is 4.39 Å². The van der Waals surface area contributed by atoms with Crippen molar-refractivity contribution < 1.29 is 4.39 Å². The molecule has 0 saturated carbocycles. The normalized spacial score (nSPS) is 12.6. The van der Waals surface area contributed by atoms with E-state index in [-0.39, 0.29) is 5.82 Å². The predicted octanol–water partition coefficient (Wildman–Crippen LogP) is 4.89. The Morgan fingerprint density at radius 1 is 1.39 bits per heavy atom. The Balaban J connectivity index is 2.04. The summed E-state index contributed by atoms with van der Waals surface area (Å²) in [7, 11) is 0. The number of hydrogen-bond acceptors (Lipinski definition) is 2. The maximum Gasteiger partial charge on any atom is 0.123 e. The first-order valence-corrected chi connectivity index (χ1v) is 7.58. The lowest BCUT2D eigenvalue weighted by Gasteiger charge is -2.16. The highest BCUT2D eigenvalue weighted by molar-refractivity contribution is 9.10. The first kappa shape index (κ1) is 13.7. The lowest BCUT2D eigenvalue weighted by Crippen LogP contribution is -2.19. The molecule has 1 heterocycles. The molecule has 0 saturated heterocycles. The van der Waals surface area contributed by atoms with Gasteiger partial charge >= 0.3 is 0 Å². The Hall–Kier alpha value is -0.710. The molecule has 0 aliphatic heterocycles. The first-order valence-electron chi connectivity index (χ1n) is 5.91. The van der Waals surface area contributed by atoms with Crippen LogP contribution in [0.15, 0.2) is 40.2 Å². The van der Waals surface area contributed by atoms with E-state index in [9.17, 15) is 4.39 Å². The van der Waals surface area contributed by atoms with Crippen molar-refractivity contribution in [3.8, 4) is 0 Å². The molecule has 0 aliphatic rings. The van der Waals surface area contributed by atoms with Crippen molar-refractivity contribution in [2.45, 2.75) is 25.9 Å². The van der Waals surface area contributed by atoms with Gasteiger partial charge in [-0.1, -0.05) is 28.9 Å². The molecule has 1 unspecified atom stereocenters. The fourth-order valence-electron chi connectivity index (χ4n) is 1.85. The van der Waals surface area contributed by atoms with Crippen LogP contribution in [0.5, 0.6) is 0 Å². The van der Waals surface area contributed by atoms with Crippen LogP contribution < -0.4 is 5.32 Å². The van der Waals surface area contributed by atoms with Crippen LogP contribution in [0.2, 0.25) is 0 Å². The quantitative estimate of drug-likeness (QED) is 0.824. The van der Waals surface area contributed by atoms with E-state index in [0.717, 1.165) is 16.5 Å². The van der Waals surface area contributed by atoms with E-state index >= 15 is 0 Å². The average molecular weight is 328 g/mol. The lowest BCUT2D eigenvalue weighted by atomic mass is 10.1. The van der Waals surface area contributed by atoms with E-state index in [1.54, 1.807) is 23.5 Å². The van der Waals surface area contributed by atoms with Gasteiger partial charge in [-0.2, -0.15) is 0 Å². The molecule has 0 fully saturated rings. The minimum Gasteiger partial charge on any atom is -0.305 e. The Morgan fingerprint density at radius 2 is 2.22 bits per heavy atom. The highest BCUT2D eigenvalue weighted by Crippen LogP contribution is 2.23. The summed E-state index contributed by atoms with van der Waals surface area (Å²) in [6.45, 7) is 2.81. The van der Waals surface area contributed by atoms with Crippen molar-refractivity contribution in [2.24, 2.45) is 0 Å². The molecule has 0 amide bonds.